The second-order valence-electron chi connectivity index (χ2n) is 6.50. The van der Waals surface area contributed by atoms with Gasteiger partial charge in [0.2, 0.25) is 0 Å². The molecule has 16 heavy (non-hydrogen) atoms. The molecule has 0 spiro atoms. The van der Waals surface area contributed by atoms with Gasteiger partial charge in [-0.2, -0.15) is 0 Å². The highest BCUT2D eigenvalue weighted by Crippen LogP contribution is 2.25. The molecule has 0 aromatic heterocycles. The summed E-state index contributed by atoms with van der Waals surface area (Å²) >= 11 is 0. The lowest BCUT2D eigenvalue weighted by atomic mass is 9.84. The zero-order valence-electron chi connectivity index (χ0n) is 11.5. The van der Waals surface area contributed by atoms with Gasteiger partial charge in [-0.05, 0) is 43.6 Å². The largest absolute Gasteiger partial charge is 0.377 e. The van der Waals surface area contributed by atoms with Crippen LogP contribution in [-0.4, -0.2) is 25.8 Å². The van der Waals surface area contributed by atoms with Crippen molar-refractivity contribution in [3.05, 3.63) is 0 Å². The molecule has 1 N–H and O–H groups in total. The van der Waals surface area contributed by atoms with Gasteiger partial charge in [0.15, 0.2) is 0 Å². The molecule has 1 fully saturated rings. The lowest BCUT2D eigenvalue weighted by molar-refractivity contribution is 0.110. The Balaban J connectivity index is 1.97. The fourth-order valence-corrected chi connectivity index (χ4v) is 2.56. The number of hydrogen-bond acceptors (Lipinski definition) is 2. The van der Waals surface area contributed by atoms with Crippen molar-refractivity contribution in [3.63, 3.8) is 0 Å². The Morgan fingerprint density at radius 3 is 2.69 bits per heavy atom. The van der Waals surface area contributed by atoms with Gasteiger partial charge in [0, 0.05) is 13.2 Å². The van der Waals surface area contributed by atoms with Gasteiger partial charge < -0.3 is 10.1 Å². The van der Waals surface area contributed by atoms with E-state index in [0.29, 0.717) is 11.5 Å². The van der Waals surface area contributed by atoms with Crippen molar-refractivity contribution in [1.29, 1.82) is 0 Å². The van der Waals surface area contributed by atoms with Crippen molar-refractivity contribution in [2.75, 3.05) is 19.7 Å². The normalized spacial score (nSPS) is 23.6. The van der Waals surface area contributed by atoms with E-state index in [-0.39, 0.29) is 0 Å². The highest BCUT2D eigenvalue weighted by Gasteiger charge is 2.16. The van der Waals surface area contributed by atoms with E-state index >= 15 is 0 Å². The maximum Gasteiger partial charge on any atom is 0.0700 e. The predicted octanol–water partition coefficient (Wildman–Crippen LogP) is 3.22. The molecule has 0 radical (unpaired) electrons. The highest BCUT2D eigenvalue weighted by atomic mass is 16.5. The van der Waals surface area contributed by atoms with Crippen LogP contribution >= 0.6 is 0 Å². The van der Waals surface area contributed by atoms with E-state index in [0.717, 1.165) is 25.6 Å². The molecule has 0 bridgehead atoms. The molecule has 1 rings (SSSR count). The van der Waals surface area contributed by atoms with Crippen LogP contribution < -0.4 is 5.32 Å². The molecule has 1 saturated heterocycles. The fourth-order valence-electron chi connectivity index (χ4n) is 2.56. The summed E-state index contributed by atoms with van der Waals surface area (Å²) in [6, 6.07) is 0. The Labute approximate surface area is 101 Å². The zero-order chi connectivity index (χ0) is 12.0. The van der Waals surface area contributed by atoms with Gasteiger partial charge in [0.1, 0.15) is 0 Å². The maximum atomic E-state index is 5.58. The second kappa shape index (κ2) is 6.61. The van der Waals surface area contributed by atoms with Crippen LogP contribution in [0.1, 0.15) is 53.4 Å². The van der Waals surface area contributed by atoms with Crippen molar-refractivity contribution in [2.24, 2.45) is 11.3 Å². The molecule has 0 aliphatic carbocycles. The van der Waals surface area contributed by atoms with E-state index in [9.17, 15) is 0 Å². The van der Waals surface area contributed by atoms with Crippen LogP contribution in [0.3, 0.4) is 0 Å². The minimum absolute atomic E-state index is 0.466. The average molecular weight is 227 g/mol. The standard InChI is InChI=1S/C14H29NO/c1-12(10-14(2,3)4)7-8-15-11-13-6-5-9-16-13/h12-13,15H,5-11H2,1-4H3. The number of ether oxygens (including phenoxy) is 1. The minimum atomic E-state index is 0.466. The zero-order valence-corrected chi connectivity index (χ0v) is 11.5. The summed E-state index contributed by atoms with van der Waals surface area (Å²) in [5, 5.41) is 3.52. The Morgan fingerprint density at radius 1 is 1.38 bits per heavy atom. The summed E-state index contributed by atoms with van der Waals surface area (Å²) in [6.07, 6.45) is 5.56. The molecule has 0 amide bonds. The summed E-state index contributed by atoms with van der Waals surface area (Å²) < 4.78 is 5.58. The molecule has 0 aromatic carbocycles. The molecule has 1 heterocycles. The molecule has 2 nitrogen and oxygen atoms in total. The molecule has 2 unspecified atom stereocenters. The van der Waals surface area contributed by atoms with Crippen molar-refractivity contribution in [2.45, 2.75) is 59.5 Å². The van der Waals surface area contributed by atoms with Gasteiger partial charge in [0.25, 0.3) is 0 Å². The molecule has 96 valence electrons. The van der Waals surface area contributed by atoms with E-state index in [4.69, 9.17) is 4.74 Å². The van der Waals surface area contributed by atoms with Gasteiger partial charge in [-0.25, -0.2) is 0 Å². The summed E-state index contributed by atoms with van der Waals surface area (Å²) in [5.74, 6) is 0.817. The van der Waals surface area contributed by atoms with Crippen LogP contribution in [0, 0.1) is 11.3 Å². The topological polar surface area (TPSA) is 21.3 Å². The van der Waals surface area contributed by atoms with Crippen molar-refractivity contribution in [1.82, 2.24) is 5.32 Å². The third-order valence-corrected chi connectivity index (χ3v) is 3.17. The van der Waals surface area contributed by atoms with Gasteiger partial charge >= 0.3 is 0 Å². The van der Waals surface area contributed by atoms with E-state index in [1.165, 1.54) is 25.7 Å². The van der Waals surface area contributed by atoms with Crippen molar-refractivity contribution < 1.29 is 4.74 Å². The second-order valence-corrected chi connectivity index (χ2v) is 6.50. The third-order valence-electron chi connectivity index (χ3n) is 3.17. The third kappa shape index (κ3) is 6.49. The first-order valence-corrected chi connectivity index (χ1v) is 6.80. The Bertz CT molecular complexity index is 180. The summed E-state index contributed by atoms with van der Waals surface area (Å²) in [6.45, 7) is 12.5. The Kier molecular flexibility index (Phi) is 5.77. The van der Waals surface area contributed by atoms with Crippen molar-refractivity contribution >= 4 is 0 Å². The van der Waals surface area contributed by atoms with Gasteiger partial charge in [-0.3, -0.25) is 0 Å². The van der Waals surface area contributed by atoms with E-state index in [1.54, 1.807) is 0 Å². The fraction of sp³-hybridized carbons (Fsp3) is 1.00. The van der Waals surface area contributed by atoms with Gasteiger partial charge in [0.05, 0.1) is 6.10 Å². The lowest BCUT2D eigenvalue weighted by Gasteiger charge is -2.23. The van der Waals surface area contributed by atoms with Crippen LogP contribution in [-0.2, 0) is 4.74 Å². The molecule has 0 saturated carbocycles. The first-order valence-electron chi connectivity index (χ1n) is 6.80. The van der Waals surface area contributed by atoms with E-state index < -0.39 is 0 Å². The first kappa shape index (κ1) is 14.0. The Hall–Kier alpha value is -0.0800. The SMILES string of the molecule is CC(CCNCC1CCCO1)CC(C)(C)C. The van der Waals surface area contributed by atoms with Crippen LogP contribution in [0.5, 0.6) is 0 Å². The summed E-state index contributed by atoms with van der Waals surface area (Å²) in [4.78, 5) is 0. The van der Waals surface area contributed by atoms with Gasteiger partial charge in [-0.1, -0.05) is 27.7 Å². The van der Waals surface area contributed by atoms with E-state index in [2.05, 4.69) is 33.0 Å². The number of nitrogens with one attached hydrogen (secondary N) is 1. The van der Waals surface area contributed by atoms with E-state index in [1.807, 2.05) is 0 Å². The lowest BCUT2D eigenvalue weighted by Crippen LogP contribution is -2.28. The molecule has 0 aromatic rings. The Morgan fingerprint density at radius 2 is 2.12 bits per heavy atom. The number of hydrogen-bond donors (Lipinski definition) is 1. The minimum Gasteiger partial charge on any atom is -0.377 e. The average Bonchev–Trinajstić information content (AvgIpc) is 2.62. The molecule has 2 atom stereocenters. The van der Waals surface area contributed by atoms with Gasteiger partial charge in [-0.15, -0.1) is 0 Å². The monoisotopic (exact) mass is 227 g/mol. The van der Waals surface area contributed by atoms with Crippen LogP contribution in [0.4, 0.5) is 0 Å². The maximum absolute atomic E-state index is 5.58. The first-order chi connectivity index (χ1) is 7.47. The molecule has 1 aliphatic heterocycles. The van der Waals surface area contributed by atoms with Crippen molar-refractivity contribution in [3.8, 4) is 0 Å². The molecular weight excluding hydrogens is 198 g/mol. The summed E-state index contributed by atoms with van der Waals surface area (Å²) in [5.41, 5.74) is 0.466. The smallest absolute Gasteiger partial charge is 0.0700 e. The van der Waals surface area contributed by atoms with Crippen LogP contribution in [0.2, 0.25) is 0 Å². The highest BCUT2D eigenvalue weighted by molar-refractivity contribution is 4.70. The van der Waals surface area contributed by atoms with Crippen LogP contribution in [0.25, 0.3) is 0 Å². The molecule has 1 aliphatic rings. The molecule has 2 heteroatoms. The van der Waals surface area contributed by atoms with Crippen LogP contribution in [0.15, 0.2) is 0 Å². The summed E-state index contributed by atoms with van der Waals surface area (Å²) in [7, 11) is 0. The quantitative estimate of drug-likeness (QED) is 0.704. The predicted molar refractivity (Wildman–Crippen MR) is 69.7 cm³/mol. The molecular formula is C14H29NO. The number of rotatable bonds is 6.